The summed E-state index contributed by atoms with van der Waals surface area (Å²) in [6, 6.07) is 4.21. The highest BCUT2D eigenvalue weighted by Gasteiger charge is 2.53. The SMILES string of the molecule is Cc1ncsc1-c1ccc(CNC(=O)[C@@H]2C[C@@H](O)CC2C(=O)[C@@H](NC(=O)C2(F)CC2)C(C)(C)C)c(O)c1. The highest BCUT2D eigenvalue weighted by Crippen LogP contribution is 2.41. The average molecular weight is 532 g/mol. The molecule has 0 bridgehead atoms. The molecular formula is C27H34FN3O5S. The molecular weight excluding hydrogens is 497 g/mol. The number of aromatic nitrogens is 1. The molecule has 2 aliphatic carbocycles. The van der Waals surface area contributed by atoms with Crippen molar-refractivity contribution >= 4 is 28.9 Å². The Bertz CT molecular complexity index is 1200. The van der Waals surface area contributed by atoms with Crippen molar-refractivity contribution in [2.24, 2.45) is 17.3 Å². The van der Waals surface area contributed by atoms with Crippen molar-refractivity contribution in [3.63, 3.8) is 0 Å². The van der Waals surface area contributed by atoms with Crippen LogP contribution in [-0.2, 0) is 20.9 Å². The number of nitrogens with one attached hydrogen (secondary N) is 2. The van der Waals surface area contributed by atoms with Crippen LogP contribution < -0.4 is 10.6 Å². The van der Waals surface area contributed by atoms with Gasteiger partial charge in [0.1, 0.15) is 5.75 Å². The summed E-state index contributed by atoms with van der Waals surface area (Å²) in [6.45, 7) is 7.25. The molecule has 0 radical (unpaired) electrons. The number of carbonyl (C=O) groups is 3. The van der Waals surface area contributed by atoms with E-state index in [1.165, 1.54) is 11.3 Å². The van der Waals surface area contributed by atoms with Gasteiger partial charge >= 0.3 is 0 Å². The number of benzene rings is 1. The van der Waals surface area contributed by atoms with Gasteiger partial charge in [-0.1, -0.05) is 32.9 Å². The Morgan fingerprint density at radius 2 is 1.89 bits per heavy atom. The normalized spacial score (nSPS) is 23.4. The zero-order valence-corrected chi connectivity index (χ0v) is 22.3. The molecule has 1 aromatic carbocycles. The molecule has 10 heteroatoms. The van der Waals surface area contributed by atoms with Crippen LogP contribution in [0, 0.1) is 24.2 Å². The zero-order valence-electron chi connectivity index (χ0n) is 21.5. The van der Waals surface area contributed by atoms with Crippen LogP contribution in [0.3, 0.4) is 0 Å². The average Bonchev–Trinajstić information content (AvgIpc) is 3.23. The number of ketones is 1. The van der Waals surface area contributed by atoms with E-state index in [1.54, 1.807) is 38.4 Å². The molecule has 0 aliphatic heterocycles. The summed E-state index contributed by atoms with van der Waals surface area (Å²) in [5.41, 5.74) is 1.31. The van der Waals surface area contributed by atoms with Crippen molar-refractivity contribution in [1.29, 1.82) is 0 Å². The van der Waals surface area contributed by atoms with E-state index in [0.717, 1.165) is 16.1 Å². The Morgan fingerprint density at radius 1 is 1.22 bits per heavy atom. The van der Waals surface area contributed by atoms with E-state index in [-0.39, 0.29) is 43.8 Å². The number of Topliss-reactive ketones (excluding diaryl/α,β-unsaturated/α-hetero) is 1. The third-order valence-corrected chi connectivity index (χ3v) is 8.29. The summed E-state index contributed by atoms with van der Waals surface area (Å²) < 4.78 is 14.3. The van der Waals surface area contributed by atoms with Crippen LogP contribution in [-0.4, -0.2) is 50.6 Å². The highest BCUT2D eigenvalue weighted by atomic mass is 32.1. The Labute approximate surface area is 219 Å². The van der Waals surface area contributed by atoms with Gasteiger partial charge in [0.25, 0.3) is 5.91 Å². The number of thiazole rings is 1. The smallest absolute Gasteiger partial charge is 0.258 e. The van der Waals surface area contributed by atoms with E-state index in [4.69, 9.17) is 0 Å². The van der Waals surface area contributed by atoms with E-state index in [9.17, 15) is 29.0 Å². The fourth-order valence-electron chi connectivity index (χ4n) is 4.89. The van der Waals surface area contributed by atoms with Gasteiger partial charge in [-0.15, -0.1) is 11.3 Å². The summed E-state index contributed by atoms with van der Waals surface area (Å²) in [4.78, 5) is 44.3. The van der Waals surface area contributed by atoms with Crippen LogP contribution in [0.4, 0.5) is 4.39 Å². The number of phenolic OH excluding ortho intramolecular Hbond substituents is 1. The predicted molar refractivity (Wildman–Crippen MR) is 137 cm³/mol. The molecule has 2 aromatic rings. The Hall–Kier alpha value is -2.85. The Kier molecular flexibility index (Phi) is 7.45. The molecule has 2 saturated carbocycles. The van der Waals surface area contributed by atoms with Crippen molar-refractivity contribution in [1.82, 2.24) is 15.6 Å². The number of hydrogen-bond donors (Lipinski definition) is 4. The minimum absolute atomic E-state index is 0.0282. The Morgan fingerprint density at radius 3 is 2.46 bits per heavy atom. The predicted octanol–water partition coefficient (Wildman–Crippen LogP) is 3.43. The lowest BCUT2D eigenvalue weighted by atomic mass is 9.77. The van der Waals surface area contributed by atoms with Gasteiger partial charge in [-0.2, -0.15) is 0 Å². The second-order valence-corrected chi connectivity index (χ2v) is 12.2. The number of nitrogens with zero attached hydrogens (tertiary/aromatic N) is 1. The maximum absolute atomic E-state index is 14.3. The number of halogens is 1. The molecule has 0 saturated heterocycles. The van der Waals surface area contributed by atoms with Crippen LogP contribution >= 0.6 is 11.3 Å². The number of amides is 2. The lowest BCUT2D eigenvalue weighted by Crippen LogP contribution is -2.54. The molecule has 8 nitrogen and oxygen atoms in total. The van der Waals surface area contributed by atoms with Gasteiger partial charge in [-0.05, 0) is 49.7 Å². The van der Waals surface area contributed by atoms with Crippen molar-refractivity contribution in [3.8, 4) is 16.2 Å². The topological polar surface area (TPSA) is 129 Å². The quantitative estimate of drug-likeness (QED) is 0.413. The zero-order chi connectivity index (χ0) is 27.1. The molecule has 1 unspecified atom stereocenters. The first kappa shape index (κ1) is 27.2. The van der Waals surface area contributed by atoms with E-state index in [1.807, 2.05) is 13.0 Å². The fourth-order valence-corrected chi connectivity index (χ4v) is 5.69. The summed E-state index contributed by atoms with van der Waals surface area (Å²) in [6.07, 6.45) is -0.375. The molecule has 1 heterocycles. The molecule has 200 valence electrons. The van der Waals surface area contributed by atoms with Crippen LogP contribution in [0.5, 0.6) is 5.75 Å². The number of aryl methyl sites for hydroxylation is 1. The Balaban J connectivity index is 1.45. The van der Waals surface area contributed by atoms with Crippen molar-refractivity contribution in [2.75, 3.05) is 0 Å². The lowest BCUT2D eigenvalue weighted by Gasteiger charge is -2.33. The van der Waals surface area contributed by atoms with Gasteiger partial charge in [-0.3, -0.25) is 14.4 Å². The first-order valence-corrected chi connectivity index (χ1v) is 13.4. The molecule has 0 spiro atoms. The third kappa shape index (κ3) is 5.85. The minimum atomic E-state index is -1.92. The molecule has 1 aromatic heterocycles. The monoisotopic (exact) mass is 531 g/mol. The molecule has 2 aliphatic rings. The fraction of sp³-hybridized carbons (Fsp3) is 0.556. The number of carbonyl (C=O) groups excluding carboxylic acids is 3. The summed E-state index contributed by atoms with van der Waals surface area (Å²) in [5.74, 6) is -3.19. The third-order valence-electron chi connectivity index (χ3n) is 7.31. The van der Waals surface area contributed by atoms with E-state index in [2.05, 4.69) is 15.6 Å². The lowest BCUT2D eigenvalue weighted by molar-refractivity contribution is -0.138. The first-order valence-electron chi connectivity index (χ1n) is 12.5. The molecule has 4 rings (SSSR count). The van der Waals surface area contributed by atoms with Crippen molar-refractivity contribution in [3.05, 3.63) is 35.0 Å². The van der Waals surface area contributed by atoms with Crippen LogP contribution in [0.15, 0.2) is 23.7 Å². The molecule has 2 amide bonds. The second-order valence-electron chi connectivity index (χ2n) is 11.3. The first-order chi connectivity index (χ1) is 17.3. The number of rotatable bonds is 8. The minimum Gasteiger partial charge on any atom is -0.508 e. The summed E-state index contributed by atoms with van der Waals surface area (Å²) >= 11 is 1.47. The number of aliphatic hydroxyl groups excluding tert-OH is 1. The van der Waals surface area contributed by atoms with E-state index < -0.39 is 46.9 Å². The standard InChI is InChI=1S/C27H34FN3O5S/c1-14-22(37-13-30-14)15-5-6-16(20(33)9-15)12-29-24(35)19-11-17(32)10-18(19)21(34)23(26(2,3)4)31-25(36)27(28)7-8-27/h5-6,9,13,17-19,23,32-33H,7-8,10-12H2,1-4H3,(H,29,35)(H,31,36)/t17-,18?,19+,23+/m0/s1. The van der Waals surface area contributed by atoms with Gasteiger partial charge in [0.05, 0.1) is 34.1 Å². The highest BCUT2D eigenvalue weighted by molar-refractivity contribution is 7.13. The largest absolute Gasteiger partial charge is 0.508 e. The second kappa shape index (κ2) is 10.1. The maximum atomic E-state index is 14.3. The van der Waals surface area contributed by atoms with Gasteiger partial charge in [0.15, 0.2) is 11.5 Å². The van der Waals surface area contributed by atoms with Gasteiger partial charge in [0.2, 0.25) is 5.91 Å². The maximum Gasteiger partial charge on any atom is 0.258 e. The molecule has 4 atom stereocenters. The van der Waals surface area contributed by atoms with Crippen LogP contribution in [0.1, 0.15) is 57.7 Å². The van der Waals surface area contributed by atoms with Gasteiger partial charge < -0.3 is 20.8 Å². The van der Waals surface area contributed by atoms with Crippen molar-refractivity contribution < 1.29 is 29.0 Å². The number of alkyl halides is 1. The number of hydrogen-bond acceptors (Lipinski definition) is 7. The molecule has 4 N–H and O–H groups in total. The van der Waals surface area contributed by atoms with E-state index >= 15 is 0 Å². The van der Waals surface area contributed by atoms with E-state index in [0.29, 0.717) is 5.56 Å². The van der Waals surface area contributed by atoms with Crippen LogP contribution in [0.2, 0.25) is 0 Å². The summed E-state index contributed by atoms with van der Waals surface area (Å²) in [5, 5.41) is 26.2. The number of aromatic hydroxyl groups is 1. The number of aliphatic hydroxyl groups is 1. The van der Waals surface area contributed by atoms with Crippen molar-refractivity contribution in [2.45, 2.75) is 77.7 Å². The van der Waals surface area contributed by atoms with Gasteiger partial charge in [-0.25, -0.2) is 9.37 Å². The van der Waals surface area contributed by atoms with Gasteiger partial charge in [0, 0.05) is 18.0 Å². The summed E-state index contributed by atoms with van der Waals surface area (Å²) in [7, 11) is 0. The molecule has 37 heavy (non-hydrogen) atoms. The number of phenols is 1. The molecule has 2 fully saturated rings. The van der Waals surface area contributed by atoms with Crippen LogP contribution in [0.25, 0.3) is 10.4 Å².